The zero-order chi connectivity index (χ0) is 13.6. The number of rotatable bonds is 2. The summed E-state index contributed by atoms with van der Waals surface area (Å²) in [5.74, 6) is 0.841. The molecule has 2 unspecified atom stereocenters. The maximum Gasteiger partial charge on any atom is 0.253 e. The molecule has 2 fully saturated rings. The van der Waals surface area contributed by atoms with Crippen LogP contribution in [0.5, 0.6) is 0 Å². The van der Waals surface area contributed by atoms with Gasteiger partial charge >= 0.3 is 0 Å². The number of anilines is 2. The average molecular weight is 259 g/mol. The Hall–Kier alpha value is -1.71. The van der Waals surface area contributed by atoms with Crippen LogP contribution in [0.4, 0.5) is 11.4 Å². The first-order valence-corrected chi connectivity index (χ1v) is 6.94. The van der Waals surface area contributed by atoms with Gasteiger partial charge in [0, 0.05) is 32.2 Å². The molecule has 19 heavy (non-hydrogen) atoms. The topological polar surface area (TPSA) is 49.6 Å². The standard InChI is InChI=1S/C15H21N3O/c1-17(2)15(19)11-4-6-14(13(16)8-11)18-9-10-3-5-12(18)7-10/h4,6,8,10,12H,3,5,7,9,16H2,1-2H3. The third kappa shape index (κ3) is 2.05. The molecule has 1 aliphatic carbocycles. The van der Waals surface area contributed by atoms with E-state index in [4.69, 9.17) is 5.73 Å². The lowest BCUT2D eigenvalue weighted by Gasteiger charge is -2.30. The second kappa shape index (κ2) is 4.44. The van der Waals surface area contributed by atoms with E-state index in [-0.39, 0.29) is 5.91 Å². The monoisotopic (exact) mass is 259 g/mol. The van der Waals surface area contributed by atoms with Gasteiger partial charge in [0.25, 0.3) is 5.91 Å². The van der Waals surface area contributed by atoms with E-state index in [1.54, 1.807) is 19.0 Å². The number of fused-ring (bicyclic) bond motifs is 2. The number of nitrogens with two attached hydrogens (primary N) is 1. The summed E-state index contributed by atoms with van der Waals surface area (Å²) in [6.45, 7) is 1.12. The summed E-state index contributed by atoms with van der Waals surface area (Å²) in [6, 6.07) is 6.36. The van der Waals surface area contributed by atoms with Gasteiger partial charge in [0.2, 0.25) is 0 Å². The van der Waals surface area contributed by atoms with E-state index in [0.717, 1.165) is 23.8 Å². The summed E-state index contributed by atoms with van der Waals surface area (Å²) in [5.41, 5.74) is 8.64. The highest BCUT2D eigenvalue weighted by Gasteiger charge is 2.38. The highest BCUT2D eigenvalue weighted by atomic mass is 16.2. The molecule has 2 bridgehead atoms. The van der Waals surface area contributed by atoms with Gasteiger partial charge in [-0.15, -0.1) is 0 Å². The van der Waals surface area contributed by atoms with Crippen molar-refractivity contribution in [3.63, 3.8) is 0 Å². The Morgan fingerprint density at radius 2 is 2.16 bits per heavy atom. The lowest BCUT2D eigenvalue weighted by molar-refractivity contribution is 0.0827. The molecular weight excluding hydrogens is 238 g/mol. The van der Waals surface area contributed by atoms with Crippen LogP contribution in [0.1, 0.15) is 29.6 Å². The van der Waals surface area contributed by atoms with Crippen LogP contribution in [0.3, 0.4) is 0 Å². The molecule has 1 aliphatic heterocycles. The van der Waals surface area contributed by atoms with E-state index in [1.165, 1.54) is 19.3 Å². The lowest BCUT2D eigenvalue weighted by atomic mass is 10.1. The zero-order valence-corrected chi connectivity index (χ0v) is 11.6. The average Bonchev–Trinajstić information content (AvgIpc) is 2.99. The van der Waals surface area contributed by atoms with Gasteiger partial charge in [-0.25, -0.2) is 0 Å². The molecule has 3 rings (SSSR count). The Morgan fingerprint density at radius 1 is 1.37 bits per heavy atom. The lowest BCUT2D eigenvalue weighted by Crippen LogP contribution is -2.32. The predicted octanol–water partition coefficient (Wildman–Crippen LogP) is 1.96. The molecule has 4 nitrogen and oxygen atoms in total. The third-order valence-corrected chi connectivity index (χ3v) is 4.40. The summed E-state index contributed by atoms with van der Waals surface area (Å²) in [5, 5.41) is 0. The van der Waals surface area contributed by atoms with E-state index >= 15 is 0 Å². The number of carbonyl (C=O) groups excluding carboxylic acids is 1. The van der Waals surface area contributed by atoms with Crippen LogP contribution in [0.2, 0.25) is 0 Å². The molecule has 1 heterocycles. The van der Waals surface area contributed by atoms with E-state index < -0.39 is 0 Å². The Kier molecular flexibility index (Phi) is 2.88. The van der Waals surface area contributed by atoms with Crippen molar-refractivity contribution in [2.45, 2.75) is 25.3 Å². The zero-order valence-electron chi connectivity index (χ0n) is 11.6. The number of benzene rings is 1. The molecule has 0 aromatic heterocycles. The molecule has 1 aromatic carbocycles. The van der Waals surface area contributed by atoms with Crippen molar-refractivity contribution < 1.29 is 4.79 Å². The van der Waals surface area contributed by atoms with E-state index in [9.17, 15) is 4.79 Å². The fraction of sp³-hybridized carbons (Fsp3) is 0.533. The van der Waals surface area contributed by atoms with Crippen molar-refractivity contribution in [2.24, 2.45) is 5.92 Å². The summed E-state index contributed by atoms with van der Waals surface area (Å²) >= 11 is 0. The molecule has 0 radical (unpaired) electrons. The van der Waals surface area contributed by atoms with Crippen molar-refractivity contribution in [3.8, 4) is 0 Å². The van der Waals surface area contributed by atoms with Gasteiger partial charge in [-0.05, 0) is 43.4 Å². The molecule has 0 spiro atoms. The number of nitrogen functional groups attached to an aromatic ring is 1. The molecule has 1 saturated carbocycles. The largest absolute Gasteiger partial charge is 0.397 e. The van der Waals surface area contributed by atoms with Crippen molar-refractivity contribution in [3.05, 3.63) is 23.8 Å². The Labute approximate surface area is 114 Å². The van der Waals surface area contributed by atoms with Gasteiger partial charge in [-0.2, -0.15) is 0 Å². The van der Waals surface area contributed by atoms with Gasteiger partial charge < -0.3 is 15.5 Å². The second-order valence-electron chi connectivity index (χ2n) is 5.96. The smallest absolute Gasteiger partial charge is 0.253 e. The minimum absolute atomic E-state index is 0.00110. The fourth-order valence-electron chi connectivity index (χ4n) is 3.43. The first kappa shape index (κ1) is 12.3. The number of hydrogen-bond acceptors (Lipinski definition) is 3. The third-order valence-electron chi connectivity index (χ3n) is 4.40. The molecule has 1 amide bonds. The number of nitrogens with zero attached hydrogens (tertiary/aromatic N) is 2. The molecule has 1 aromatic rings. The minimum Gasteiger partial charge on any atom is -0.397 e. The number of hydrogen-bond donors (Lipinski definition) is 1. The van der Waals surface area contributed by atoms with Crippen LogP contribution in [-0.4, -0.2) is 37.5 Å². The van der Waals surface area contributed by atoms with Crippen molar-refractivity contribution in [2.75, 3.05) is 31.3 Å². The highest BCUT2D eigenvalue weighted by molar-refractivity contribution is 5.96. The van der Waals surface area contributed by atoms with Gasteiger partial charge in [0.15, 0.2) is 0 Å². The van der Waals surface area contributed by atoms with Crippen molar-refractivity contribution in [1.82, 2.24) is 4.90 Å². The second-order valence-corrected chi connectivity index (χ2v) is 5.96. The Balaban J connectivity index is 1.86. The Morgan fingerprint density at radius 3 is 2.68 bits per heavy atom. The Bertz CT molecular complexity index is 512. The molecule has 2 aliphatic rings. The molecule has 2 atom stereocenters. The molecule has 2 N–H and O–H groups in total. The van der Waals surface area contributed by atoms with Crippen molar-refractivity contribution >= 4 is 17.3 Å². The van der Waals surface area contributed by atoms with E-state index in [2.05, 4.69) is 4.90 Å². The summed E-state index contributed by atoms with van der Waals surface area (Å²) in [4.78, 5) is 15.9. The molecular formula is C15H21N3O. The van der Waals surface area contributed by atoms with Crippen molar-refractivity contribution in [1.29, 1.82) is 0 Å². The van der Waals surface area contributed by atoms with Crippen LogP contribution in [0.25, 0.3) is 0 Å². The fourth-order valence-corrected chi connectivity index (χ4v) is 3.43. The quantitative estimate of drug-likeness (QED) is 0.826. The summed E-state index contributed by atoms with van der Waals surface area (Å²) in [6.07, 6.45) is 3.94. The van der Waals surface area contributed by atoms with Crippen LogP contribution in [0, 0.1) is 5.92 Å². The van der Waals surface area contributed by atoms with Crippen LogP contribution < -0.4 is 10.6 Å². The summed E-state index contributed by atoms with van der Waals surface area (Å²) < 4.78 is 0. The highest BCUT2D eigenvalue weighted by Crippen LogP contribution is 2.42. The summed E-state index contributed by atoms with van der Waals surface area (Å²) in [7, 11) is 3.51. The number of amides is 1. The molecule has 1 saturated heterocycles. The molecule has 4 heteroatoms. The molecule has 102 valence electrons. The van der Waals surface area contributed by atoms with Gasteiger partial charge in [0.05, 0.1) is 11.4 Å². The first-order valence-electron chi connectivity index (χ1n) is 6.94. The number of piperidine rings is 1. The van der Waals surface area contributed by atoms with Gasteiger partial charge in [-0.1, -0.05) is 0 Å². The normalized spacial score (nSPS) is 24.8. The predicted molar refractivity (Wildman–Crippen MR) is 77.3 cm³/mol. The first-order chi connectivity index (χ1) is 9.06. The van der Waals surface area contributed by atoms with Crippen LogP contribution in [-0.2, 0) is 0 Å². The van der Waals surface area contributed by atoms with E-state index in [0.29, 0.717) is 11.6 Å². The maximum absolute atomic E-state index is 11.9. The number of carbonyl (C=O) groups is 1. The SMILES string of the molecule is CN(C)C(=O)c1ccc(N2CC3CCC2C3)c(N)c1. The maximum atomic E-state index is 11.9. The van der Waals surface area contributed by atoms with Gasteiger partial charge in [0.1, 0.15) is 0 Å². The van der Waals surface area contributed by atoms with Gasteiger partial charge in [-0.3, -0.25) is 4.79 Å². The minimum atomic E-state index is 0.00110. The van der Waals surface area contributed by atoms with E-state index in [1.807, 2.05) is 18.2 Å². The van der Waals surface area contributed by atoms with Crippen LogP contribution >= 0.6 is 0 Å². The van der Waals surface area contributed by atoms with Crippen LogP contribution in [0.15, 0.2) is 18.2 Å².